The number of esters is 1. The monoisotopic (exact) mass is 272 g/mol. The molecule has 98 valence electrons. The second kappa shape index (κ2) is 6.20. The molecule has 0 aromatic heterocycles. The second-order valence-electron chi connectivity index (χ2n) is 3.55. The van der Waals surface area contributed by atoms with E-state index >= 15 is 0 Å². The Labute approximate surface area is 109 Å². The molecule has 0 bridgehead atoms. The van der Waals surface area contributed by atoms with Crippen LogP contribution in [-0.4, -0.2) is 31.1 Å². The third kappa shape index (κ3) is 3.59. The zero-order valence-electron chi connectivity index (χ0n) is 10.1. The zero-order chi connectivity index (χ0) is 13.7. The lowest BCUT2D eigenvalue weighted by Crippen LogP contribution is -2.27. The van der Waals surface area contributed by atoms with Crippen molar-refractivity contribution in [3.05, 3.63) is 33.3 Å². The van der Waals surface area contributed by atoms with E-state index in [0.29, 0.717) is 5.02 Å². The molecule has 0 unspecified atom stereocenters. The van der Waals surface area contributed by atoms with Gasteiger partial charge in [-0.2, -0.15) is 0 Å². The van der Waals surface area contributed by atoms with E-state index in [1.165, 1.54) is 23.1 Å². The third-order valence-corrected chi connectivity index (χ3v) is 2.45. The van der Waals surface area contributed by atoms with Gasteiger partial charge in [0.15, 0.2) is 0 Å². The smallest absolute Gasteiger partial charge is 0.325 e. The topological polar surface area (TPSA) is 72.7 Å². The average molecular weight is 273 g/mol. The number of carbonyl (C=O) groups is 1. The fraction of sp³-hybridized carbons (Fsp3) is 0.364. The highest BCUT2D eigenvalue weighted by atomic mass is 35.5. The first-order chi connectivity index (χ1) is 8.45. The molecule has 1 aromatic rings. The summed E-state index contributed by atoms with van der Waals surface area (Å²) in [5.41, 5.74) is 0.173. The van der Waals surface area contributed by atoms with Crippen molar-refractivity contribution in [3.63, 3.8) is 0 Å². The maximum absolute atomic E-state index is 11.3. The van der Waals surface area contributed by atoms with E-state index in [4.69, 9.17) is 16.3 Å². The SMILES string of the molecule is CCOC(=O)CN(C)c1cc(Cl)ccc1[N+](=O)[O-]. The fourth-order valence-electron chi connectivity index (χ4n) is 1.44. The van der Waals surface area contributed by atoms with Crippen molar-refractivity contribution in [2.24, 2.45) is 0 Å². The lowest BCUT2D eigenvalue weighted by Gasteiger charge is -2.18. The minimum absolute atomic E-state index is 0.0744. The number of nitro groups is 1. The minimum Gasteiger partial charge on any atom is -0.465 e. The van der Waals surface area contributed by atoms with Crippen LogP contribution in [0.5, 0.6) is 0 Å². The van der Waals surface area contributed by atoms with E-state index in [1.807, 2.05) is 0 Å². The molecule has 1 aromatic carbocycles. The molecular formula is C11H13ClN2O4. The molecule has 0 fully saturated rings. The van der Waals surface area contributed by atoms with E-state index in [1.54, 1.807) is 14.0 Å². The average Bonchev–Trinajstić information content (AvgIpc) is 2.28. The normalized spacial score (nSPS) is 9.94. The van der Waals surface area contributed by atoms with Crippen LogP contribution in [0.2, 0.25) is 5.02 Å². The number of rotatable bonds is 5. The predicted molar refractivity (Wildman–Crippen MR) is 68.0 cm³/mol. The number of likely N-dealkylation sites (N-methyl/N-ethyl adjacent to an activating group) is 1. The van der Waals surface area contributed by atoms with Gasteiger partial charge in [-0.3, -0.25) is 14.9 Å². The fourth-order valence-corrected chi connectivity index (χ4v) is 1.61. The van der Waals surface area contributed by atoms with Crippen molar-refractivity contribution in [1.82, 2.24) is 0 Å². The summed E-state index contributed by atoms with van der Waals surface area (Å²) >= 11 is 5.80. The number of benzene rings is 1. The molecule has 0 saturated carbocycles. The molecule has 0 aliphatic heterocycles. The van der Waals surface area contributed by atoms with Crippen LogP contribution in [0, 0.1) is 10.1 Å². The summed E-state index contributed by atoms with van der Waals surface area (Å²) < 4.78 is 4.78. The van der Waals surface area contributed by atoms with Gasteiger partial charge in [-0.05, 0) is 19.1 Å². The largest absolute Gasteiger partial charge is 0.465 e. The van der Waals surface area contributed by atoms with Crippen LogP contribution >= 0.6 is 11.6 Å². The van der Waals surface area contributed by atoms with Gasteiger partial charge in [0.25, 0.3) is 5.69 Å². The number of nitro benzene ring substituents is 1. The van der Waals surface area contributed by atoms with Gasteiger partial charge in [-0.25, -0.2) is 0 Å². The first kappa shape index (κ1) is 14.2. The quantitative estimate of drug-likeness (QED) is 0.467. The van der Waals surface area contributed by atoms with Gasteiger partial charge in [0, 0.05) is 18.1 Å². The van der Waals surface area contributed by atoms with E-state index < -0.39 is 10.9 Å². The van der Waals surface area contributed by atoms with Gasteiger partial charge in [-0.15, -0.1) is 0 Å². The summed E-state index contributed by atoms with van der Waals surface area (Å²) in [6, 6.07) is 4.18. The Balaban J connectivity index is 2.96. The Kier molecular flexibility index (Phi) is 4.91. The number of halogens is 1. The van der Waals surface area contributed by atoms with Crippen molar-refractivity contribution >= 4 is 28.9 Å². The minimum atomic E-state index is -0.521. The van der Waals surface area contributed by atoms with Crippen molar-refractivity contribution in [3.8, 4) is 0 Å². The molecule has 0 amide bonds. The van der Waals surface area contributed by atoms with Crippen LogP contribution in [0.1, 0.15) is 6.92 Å². The number of hydrogen-bond acceptors (Lipinski definition) is 5. The number of anilines is 1. The highest BCUT2D eigenvalue weighted by molar-refractivity contribution is 6.31. The number of hydrogen-bond donors (Lipinski definition) is 0. The van der Waals surface area contributed by atoms with Crippen LogP contribution in [-0.2, 0) is 9.53 Å². The molecule has 0 atom stereocenters. The highest BCUT2D eigenvalue weighted by Gasteiger charge is 2.19. The van der Waals surface area contributed by atoms with Gasteiger partial charge < -0.3 is 9.64 Å². The Morgan fingerprint density at radius 3 is 2.78 bits per heavy atom. The van der Waals surface area contributed by atoms with Crippen molar-refractivity contribution in [2.45, 2.75) is 6.92 Å². The summed E-state index contributed by atoms with van der Waals surface area (Å²) in [5, 5.41) is 11.2. The molecule has 0 N–H and O–H groups in total. The van der Waals surface area contributed by atoms with E-state index in [-0.39, 0.29) is 24.5 Å². The third-order valence-electron chi connectivity index (χ3n) is 2.22. The van der Waals surface area contributed by atoms with Crippen LogP contribution in [0.25, 0.3) is 0 Å². The first-order valence-electron chi connectivity index (χ1n) is 5.26. The molecular weight excluding hydrogens is 260 g/mol. The summed E-state index contributed by atoms with van der Waals surface area (Å²) in [5.74, 6) is -0.450. The Morgan fingerprint density at radius 1 is 1.56 bits per heavy atom. The van der Waals surface area contributed by atoms with Gasteiger partial charge in [-0.1, -0.05) is 11.6 Å². The molecule has 1 rings (SSSR count). The lowest BCUT2D eigenvalue weighted by molar-refractivity contribution is -0.384. The van der Waals surface area contributed by atoms with Crippen molar-refractivity contribution in [2.75, 3.05) is 25.1 Å². The van der Waals surface area contributed by atoms with E-state index in [0.717, 1.165) is 0 Å². The second-order valence-corrected chi connectivity index (χ2v) is 3.99. The van der Waals surface area contributed by atoms with Crippen LogP contribution < -0.4 is 4.90 Å². The van der Waals surface area contributed by atoms with E-state index in [9.17, 15) is 14.9 Å². The van der Waals surface area contributed by atoms with Crippen molar-refractivity contribution in [1.29, 1.82) is 0 Å². The molecule has 0 spiro atoms. The summed E-state index contributed by atoms with van der Waals surface area (Å²) in [7, 11) is 1.57. The molecule has 0 aliphatic carbocycles. The van der Waals surface area contributed by atoms with Gasteiger partial charge in [0.1, 0.15) is 12.2 Å². The first-order valence-corrected chi connectivity index (χ1v) is 5.64. The van der Waals surface area contributed by atoms with Gasteiger partial charge in [0.05, 0.1) is 11.5 Å². The molecule has 0 saturated heterocycles. The van der Waals surface area contributed by atoms with Crippen LogP contribution in [0.3, 0.4) is 0 Å². The molecule has 7 heteroatoms. The van der Waals surface area contributed by atoms with Crippen LogP contribution in [0.4, 0.5) is 11.4 Å². The van der Waals surface area contributed by atoms with Gasteiger partial charge in [0.2, 0.25) is 0 Å². The van der Waals surface area contributed by atoms with Crippen molar-refractivity contribution < 1.29 is 14.5 Å². The van der Waals surface area contributed by atoms with Crippen LogP contribution in [0.15, 0.2) is 18.2 Å². The van der Waals surface area contributed by atoms with Gasteiger partial charge >= 0.3 is 5.97 Å². The number of ether oxygens (including phenoxy) is 1. The Hall–Kier alpha value is -1.82. The summed E-state index contributed by atoms with van der Waals surface area (Å²) in [4.78, 5) is 23.1. The lowest BCUT2D eigenvalue weighted by atomic mass is 10.2. The highest BCUT2D eigenvalue weighted by Crippen LogP contribution is 2.30. The summed E-state index contributed by atoms with van der Waals surface area (Å²) in [6.45, 7) is 1.89. The maximum atomic E-state index is 11.3. The summed E-state index contributed by atoms with van der Waals surface area (Å²) in [6.07, 6.45) is 0. The Bertz CT molecular complexity index is 464. The molecule has 6 nitrogen and oxygen atoms in total. The molecule has 0 aliphatic rings. The Morgan fingerprint density at radius 2 is 2.22 bits per heavy atom. The number of carbonyl (C=O) groups excluding carboxylic acids is 1. The zero-order valence-corrected chi connectivity index (χ0v) is 10.8. The molecule has 0 radical (unpaired) electrons. The maximum Gasteiger partial charge on any atom is 0.325 e. The number of nitrogens with zero attached hydrogens (tertiary/aromatic N) is 2. The standard InChI is InChI=1S/C11H13ClN2O4/c1-3-18-11(15)7-13(2)10-6-8(12)4-5-9(10)14(16)17/h4-6H,3,7H2,1-2H3. The molecule has 0 heterocycles. The molecule has 18 heavy (non-hydrogen) atoms. The predicted octanol–water partition coefficient (Wildman–Crippen LogP) is 2.25. The van der Waals surface area contributed by atoms with E-state index in [2.05, 4.69) is 0 Å².